The number of benzene rings is 1. The summed E-state index contributed by atoms with van der Waals surface area (Å²) < 4.78 is 14.0. The summed E-state index contributed by atoms with van der Waals surface area (Å²) in [6.07, 6.45) is 2.65. The Hall–Kier alpha value is -2.14. The van der Waals surface area contributed by atoms with E-state index in [0.29, 0.717) is 12.1 Å². The average Bonchev–Trinajstić information content (AvgIpc) is 3.06. The van der Waals surface area contributed by atoms with Gasteiger partial charge in [-0.2, -0.15) is 5.10 Å². The van der Waals surface area contributed by atoms with Gasteiger partial charge in [0.1, 0.15) is 5.82 Å². The molecule has 3 N–H and O–H groups in total. The van der Waals surface area contributed by atoms with Crippen molar-refractivity contribution in [1.29, 1.82) is 0 Å². The molecule has 3 rings (SSSR count). The van der Waals surface area contributed by atoms with Gasteiger partial charge in [-0.25, -0.2) is 4.39 Å². The molecule has 0 radical (unpaired) electrons. The molecule has 21 heavy (non-hydrogen) atoms. The van der Waals surface area contributed by atoms with Crippen molar-refractivity contribution in [2.24, 2.45) is 0 Å². The van der Waals surface area contributed by atoms with Crippen molar-refractivity contribution < 1.29 is 4.39 Å². The van der Waals surface area contributed by atoms with Gasteiger partial charge in [0.2, 0.25) is 0 Å². The lowest BCUT2D eigenvalue weighted by Gasteiger charge is -2.13. The van der Waals surface area contributed by atoms with E-state index < -0.39 is 0 Å². The van der Waals surface area contributed by atoms with Crippen LogP contribution in [0.3, 0.4) is 0 Å². The molecule has 0 saturated heterocycles. The number of aromatic amines is 2. The molecule has 0 aliphatic rings. The maximum absolute atomic E-state index is 14.0. The molecule has 110 valence electrons. The average molecular weight is 286 g/mol. The maximum Gasteiger partial charge on any atom is 0.128 e. The topological polar surface area (TPSA) is 56.5 Å². The monoisotopic (exact) mass is 286 g/mol. The molecular weight excluding hydrogens is 267 g/mol. The Morgan fingerprint density at radius 1 is 1.33 bits per heavy atom. The quantitative estimate of drug-likeness (QED) is 0.675. The van der Waals surface area contributed by atoms with E-state index in [1.165, 1.54) is 6.07 Å². The van der Waals surface area contributed by atoms with Gasteiger partial charge in [0.25, 0.3) is 0 Å². The lowest BCUT2D eigenvalue weighted by atomic mass is 10.1. The van der Waals surface area contributed by atoms with Crippen LogP contribution in [0.1, 0.15) is 23.9 Å². The number of H-pyrrole nitrogens is 2. The van der Waals surface area contributed by atoms with Gasteiger partial charge in [0.15, 0.2) is 0 Å². The molecule has 2 heterocycles. The summed E-state index contributed by atoms with van der Waals surface area (Å²) in [7, 11) is 0. The number of aromatic nitrogens is 3. The molecular formula is C16H19FN4. The van der Waals surface area contributed by atoms with Crippen LogP contribution in [0, 0.1) is 12.7 Å². The number of hydrogen-bond donors (Lipinski definition) is 3. The Bertz CT molecular complexity index is 744. The third kappa shape index (κ3) is 2.97. The SMILES string of the molecule is Cc1cc(CC(C)NCc2c(F)ccc3[nH]ccc23)n[nH]1. The van der Waals surface area contributed by atoms with Gasteiger partial charge in [0, 0.05) is 47.4 Å². The van der Waals surface area contributed by atoms with E-state index in [2.05, 4.69) is 27.4 Å². The molecule has 0 aliphatic carbocycles. The van der Waals surface area contributed by atoms with Gasteiger partial charge in [-0.1, -0.05) is 0 Å². The number of nitrogens with zero attached hydrogens (tertiary/aromatic N) is 1. The third-order valence-electron chi connectivity index (χ3n) is 3.69. The van der Waals surface area contributed by atoms with Crippen LogP contribution >= 0.6 is 0 Å². The summed E-state index contributed by atoms with van der Waals surface area (Å²) in [6.45, 7) is 4.57. The van der Waals surface area contributed by atoms with Crippen molar-refractivity contribution in [2.75, 3.05) is 0 Å². The van der Waals surface area contributed by atoms with E-state index in [-0.39, 0.29) is 11.9 Å². The smallest absolute Gasteiger partial charge is 0.128 e. The second kappa shape index (κ2) is 5.69. The van der Waals surface area contributed by atoms with Crippen LogP contribution in [0.15, 0.2) is 30.5 Å². The van der Waals surface area contributed by atoms with Crippen molar-refractivity contribution in [3.8, 4) is 0 Å². The van der Waals surface area contributed by atoms with Crippen molar-refractivity contribution >= 4 is 10.9 Å². The summed E-state index contributed by atoms with van der Waals surface area (Å²) in [4.78, 5) is 3.11. The van der Waals surface area contributed by atoms with Gasteiger partial charge < -0.3 is 10.3 Å². The van der Waals surface area contributed by atoms with Crippen LogP contribution in [0.25, 0.3) is 10.9 Å². The summed E-state index contributed by atoms with van der Waals surface area (Å²) >= 11 is 0. The molecule has 0 bridgehead atoms. The summed E-state index contributed by atoms with van der Waals surface area (Å²) in [5, 5.41) is 11.5. The van der Waals surface area contributed by atoms with Crippen molar-refractivity contribution in [2.45, 2.75) is 32.9 Å². The van der Waals surface area contributed by atoms with Crippen LogP contribution in [0.4, 0.5) is 4.39 Å². The number of fused-ring (bicyclic) bond motifs is 1. The first kappa shape index (κ1) is 13.8. The number of rotatable bonds is 5. The van der Waals surface area contributed by atoms with Gasteiger partial charge >= 0.3 is 0 Å². The predicted octanol–water partition coefficient (Wildman–Crippen LogP) is 3.06. The van der Waals surface area contributed by atoms with Crippen LogP contribution in [-0.4, -0.2) is 21.2 Å². The van der Waals surface area contributed by atoms with E-state index in [1.807, 2.05) is 25.3 Å². The highest BCUT2D eigenvalue weighted by molar-refractivity contribution is 5.83. The minimum absolute atomic E-state index is 0.169. The second-order valence-corrected chi connectivity index (χ2v) is 5.49. The molecule has 1 atom stereocenters. The number of aryl methyl sites for hydroxylation is 1. The van der Waals surface area contributed by atoms with E-state index >= 15 is 0 Å². The molecule has 5 heteroatoms. The first-order valence-electron chi connectivity index (χ1n) is 7.12. The molecule has 0 fully saturated rings. The zero-order chi connectivity index (χ0) is 14.8. The van der Waals surface area contributed by atoms with Crippen molar-refractivity contribution in [1.82, 2.24) is 20.5 Å². The molecule has 2 aromatic heterocycles. The molecule has 1 aromatic carbocycles. The first-order chi connectivity index (χ1) is 10.1. The standard InChI is InChI=1S/C16H19FN4/c1-10(7-12-8-11(2)20-21-12)19-9-14-13-5-6-18-16(13)4-3-15(14)17/h3-6,8,10,18-19H,7,9H2,1-2H3,(H,20,21). The second-order valence-electron chi connectivity index (χ2n) is 5.49. The minimum atomic E-state index is -0.169. The first-order valence-corrected chi connectivity index (χ1v) is 7.12. The highest BCUT2D eigenvalue weighted by atomic mass is 19.1. The van der Waals surface area contributed by atoms with Crippen LogP contribution in [0.2, 0.25) is 0 Å². The Balaban J connectivity index is 1.68. The van der Waals surface area contributed by atoms with Gasteiger partial charge in [-0.15, -0.1) is 0 Å². The summed E-state index contributed by atoms with van der Waals surface area (Å²) in [5.74, 6) is -0.169. The third-order valence-corrected chi connectivity index (χ3v) is 3.69. The Labute approximate surface area is 122 Å². The molecule has 1 unspecified atom stereocenters. The van der Waals surface area contributed by atoms with Crippen molar-refractivity contribution in [3.63, 3.8) is 0 Å². The lowest BCUT2D eigenvalue weighted by molar-refractivity contribution is 0.524. The van der Waals surface area contributed by atoms with Crippen LogP contribution in [0.5, 0.6) is 0 Å². The maximum atomic E-state index is 14.0. The molecule has 0 aliphatic heterocycles. The normalized spacial score (nSPS) is 12.9. The summed E-state index contributed by atoms with van der Waals surface area (Å²) in [6, 6.07) is 7.45. The fourth-order valence-corrected chi connectivity index (χ4v) is 2.59. The Morgan fingerprint density at radius 2 is 2.19 bits per heavy atom. The largest absolute Gasteiger partial charge is 0.361 e. The van der Waals surface area contributed by atoms with Crippen molar-refractivity contribution in [3.05, 3.63) is 53.2 Å². The zero-order valence-electron chi connectivity index (χ0n) is 12.2. The number of nitrogens with one attached hydrogen (secondary N) is 3. The highest BCUT2D eigenvalue weighted by Crippen LogP contribution is 2.20. The van der Waals surface area contributed by atoms with Gasteiger partial charge in [0.05, 0.1) is 5.69 Å². The summed E-state index contributed by atoms with van der Waals surface area (Å²) in [5.41, 5.74) is 3.75. The van der Waals surface area contributed by atoms with Gasteiger partial charge in [-0.05, 0) is 38.1 Å². The number of hydrogen-bond acceptors (Lipinski definition) is 2. The zero-order valence-corrected chi connectivity index (χ0v) is 12.2. The number of halogens is 1. The van der Waals surface area contributed by atoms with E-state index in [0.717, 1.165) is 28.7 Å². The van der Waals surface area contributed by atoms with E-state index in [4.69, 9.17) is 0 Å². The van der Waals surface area contributed by atoms with E-state index in [1.54, 1.807) is 6.07 Å². The molecule has 0 amide bonds. The predicted molar refractivity (Wildman–Crippen MR) is 81.6 cm³/mol. The van der Waals surface area contributed by atoms with Crippen LogP contribution < -0.4 is 5.32 Å². The Kier molecular flexibility index (Phi) is 3.75. The fraction of sp³-hybridized carbons (Fsp3) is 0.312. The fourth-order valence-electron chi connectivity index (χ4n) is 2.59. The highest BCUT2D eigenvalue weighted by Gasteiger charge is 2.11. The molecule has 4 nitrogen and oxygen atoms in total. The molecule has 3 aromatic rings. The van der Waals surface area contributed by atoms with Gasteiger partial charge in [-0.3, -0.25) is 5.10 Å². The lowest BCUT2D eigenvalue weighted by Crippen LogP contribution is -2.28. The molecule has 0 spiro atoms. The molecule has 0 saturated carbocycles. The van der Waals surface area contributed by atoms with Crippen LogP contribution in [-0.2, 0) is 13.0 Å². The Morgan fingerprint density at radius 3 is 2.95 bits per heavy atom. The minimum Gasteiger partial charge on any atom is -0.361 e. The van der Waals surface area contributed by atoms with E-state index in [9.17, 15) is 4.39 Å².